The van der Waals surface area contributed by atoms with E-state index >= 15 is 0 Å². The molecule has 0 saturated carbocycles. The van der Waals surface area contributed by atoms with E-state index in [9.17, 15) is 0 Å². The van der Waals surface area contributed by atoms with Gasteiger partial charge in [-0.3, -0.25) is 0 Å². The van der Waals surface area contributed by atoms with Gasteiger partial charge in [0.25, 0.3) is 0 Å². The van der Waals surface area contributed by atoms with Crippen LogP contribution in [0.25, 0.3) is 60.6 Å². The van der Waals surface area contributed by atoms with Gasteiger partial charge < -0.3 is 13.9 Å². The minimum atomic E-state index is -2.71. The first-order valence-corrected chi connectivity index (χ1v) is 23.9. The van der Waals surface area contributed by atoms with E-state index in [0.717, 1.165) is 61.3 Å². The summed E-state index contributed by atoms with van der Waals surface area (Å²) in [6.45, 7) is 0. The molecule has 0 unspecified atom stereocenters. The number of hydrogen-bond acceptors (Lipinski definition) is 2. The average molecular weight is 835 g/mol. The first kappa shape index (κ1) is 37.6. The topological polar surface area (TPSA) is 21.3 Å². The Morgan fingerprint density at radius 1 is 0.359 bits per heavy atom. The van der Waals surface area contributed by atoms with Gasteiger partial charge in [0.05, 0.1) is 22.4 Å². The number of rotatable bonds is 9. The summed E-state index contributed by atoms with van der Waals surface area (Å²) in [4.78, 5) is 2.40. The lowest BCUT2D eigenvalue weighted by Gasteiger charge is -2.34. The van der Waals surface area contributed by atoms with Crippen LogP contribution in [-0.2, 0) is 0 Å². The number of furan rings is 1. The van der Waals surface area contributed by atoms with Crippen LogP contribution in [-0.4, -0.2) is 12.6 Å². The highest BCUT2D eigenvalue weighted by Crippen LogP contribution is 2.47. The number of anilines is 3. The van der Waals surface area contributed by atoms with Gasteiger partial charge in [0.1, 0.15) is 5.58 Å². The predicted molar refractivity (Wildman–Crippen MR) is 272 cm³/mol. The second-order valence-electron chi connectivity index (χ2n) is 16.4. The number of nitrogens with zero attached hydrogens (tertiary/aromatic N) is 2. The fraction of sp³-hybridized carbons (Fsp3) is 0. The Balaban J connectivity index is 1.06. The third-order valence-corrected chi connectivity index (χ3v) is 17.7. The summed E-state index contributed by atoms with van der Waals surface area (Å²) in [5.41, 5.74) is 10.6. The Hall–Kier alpha value is -8.18. The van der Waals surface area contributed by atoms with E-state index in [1.54, 1.807) is 0 Å². The van der Waals surface area contributed by atoms with Crippen molar-refractivity contribution in [3.8, 4) is 16.8 Å². The van der Waals surface area contributed by atoms with Crippen molar-refractivity contribution in [3.63, 3.8) is 0 Å². The second-order valence-corrected chi connectivity index (χ2v) is 20.2. The standard InChI is InChI=1S/C60H42N2OSi/c1-5-21-45(22-6-1)61-54-33-15-13-31-53(54)59-55(61)34-19-35-56(59)62(57-36-18-32-52-51-30-14-16-37-58(51)63-60(52)57)46-40-38-43(39-41-46)44-20-17-29-50(42-44)64(47-23-7-2-8-24-47,48-25-9-3-10-26-48)49-27-11-4-12-28-49/h1-42H. The molecule has 0 amide bonds. The van der Waals surface area contributed by atoms with Crippen LogP contribution in [0.4, 0.5) is 17.1 Å². The zero-order chi connectivity index (χ0) is 42.5. The fourth-order valence-electron chi connectivity index (χ4n) is 10.2. The molecule has 4 heteroatoms. The van der Waals surface area contributed by atoms with E-state index in [1.807, 2.05) is 6.07 Å². The third-order valence-electron chi connectivity index (χ3n) is 12.9. The summed E-state index contributed by atoms with van der Waals surface area (Å²) < 4.78 is 9.17. The van der Waals surface area contributed by atoms with E-state index in [4.69, 9.17) is 4.42 Å². The van der Waals surface area contributed by atoms with Crippen LogP contribution in [0.1, 0.15) is 0 Å². The molecule has 2 aromatic heterocycles. The zero-order valence-corrected chi connectivity index (χ0v) is 36.1. The largest absolute Gasteiger partial charge is 0.454 e. The Morgan fingerprint density at radius 3 is 1.56 bits per heavy atom. The number of aromatic nitrogens is 1. The molecule has 10 aromatic carbocycles. The molecule has 0 aliphatic rings. The smallest absolute Gasteiger partial charge is 0.179 e. The molecule has 0 aliphatic carbocycles. The van der Waals surface area contributed by atoms with Crippen molar-refractivity contribution < 1.29 is 4.42 Å². The maximum atomic E-state index is 6.79. The normalized spacial score (nSPS) is 11.8. The minimum Gasteiger partial charge on any atom is -0.454 e. The SMILES string of the molecule is c1ccc(-n2c3ccccc3c3c(N(c4ccc(-c5cccc([Si](c6ccccc6)(c6ccccc6)c6ccccc6)c5)cc4)c4cccc5c4oc4ccccc45)cccc32)cc1. The molecule has 0 saturated heterocycles. The number of hydrogen-bond donors (Lipinski definition) is 0. The summed E-state index contributed by atoms with van der Waals surface area (Å²) in [6, 6.07) is 92.8. The van der Waals surface area contributed by atoms with Crippen LogP contribution in [0.15, 0.2) is 259 Å². The quantitative estimate of drug-likeness (QED) is 0.107. The summed E-state index contributed by atoms with van der Waals surface area (Å²) in [6.07, 6.45) is 0. The van der Waals surface area contributed by atoms with Gasteiger partial charge in [-0.25, -0.2) is 0 Å². The van der Waals surface area contributed by atoms with Crippen molar-refractivity contribution in [2.24, 2.45) is 0 Å². The van der Waals surface area contributed by atoms with Gasteiger partial charge in [-0.1, -0.05) is 200 Å². The molecule has 0 N–H and O–H groups in total. The van der Waals surface area contributed by atoms with Crippen molar-refractivity contribution in [2.45, 2.75) is 0 Å². The van der Waals surface area contributed by atoms with E-state index in [-0.39, 0.29) is 0 Å². The fourth-order valence-corrected chi connectivity index (χ4v) is 15.0. The summed E-state index contributed by atoms with van der Waals surface area (Å²) in [5.74, 6) is 0. The van der Waals surface area contributed by atoms with Crippen molar-refractivity contribution in [1.82, 2.24) is 4.57 Å². The van der Waals surface area contributed by atoms with Crippen LogP contribution < -0.4 is 25.6 Å². The molecule has 0 atom stereocenters. The summed E-state index contributed by atoms with van der Waals surface area (Å²) in [7, 11) is -2.71. The van der Waals surface area contributed by atoms with Crippen molar-refractivity contribution in [2.75, 3.05) is 4.90 Å². The van der Waals surface area contributed by atoms with Gasteiger partial charge in [0.2, 0.25) is 0 Å². The van der Waals surface area contributed by atoms with Crippen molar-refractivity contribution in [1.29, 1.82) is 0 Å². The molecule has 64 heavy (non-hydrogen) atoms. The second kappa shape index (κ2) is 15.6. The van der Waals surface area contributed by atoms with Crippen LogP contribution in [0.2, 0.25) is 0 Å². The van der Waals surface area contributed by atoms with Crippen LogP contribution in [0.5, 0.6) is 0 Å². The monoisotopic (exact) mass is 834 g/mol. The van der Waals surface area contributed by atoms with Gasteiger partial charge >= 0.3 is 0 Å². The summed E-state index contributed by atoms with van der Waals surface area (Å²) >= 11 is 0. The maximum Gasteiger partial charge on any atom is 0.179 e. The predicted octanol–water partition coefficient (Wildman–Crippen LogP) is 13.2. The van der Waals surface area contributed by atoms with Gasteiger partial charge in [-0.2, -0.15) is 0 Å². The van der Waals surface area contributed by atoms with Crippen LogP contribution in [0, 0.1) is 0 Å². The van der Waals surface area contributed by atoms with Gasteiger partial charge in [0, 0.05) is 32.9 Å². The van der Waals surface area contributed by atoms with Crippen molar-refractivity contribution in [3.05, 3.63) is 255 Å². The Bertz CT molecular complexity index is 3500. The molecule has 0 bridgehead atoms. The Kier molecular flexibility index (Phi) is 9.17. The lowest BCUT2D eigenvalue weighted by Crippen LogP contribution is -2.74. The minimum absolute atomic E-state index is 0.855. The molecule has 0 radical (unpaired) electrons. The molecule has 2 heterocycles. The first-order chi connectivity index (χ1) is 31.8. The molecule has 0 fully saturated rings. The maximum absolute atomic E-state index is 6.79. The number of para-hydroxylation sites is 4. The highest BCUT2D eigenvalue weighted by Gasteiger charge is 2.41. The number of benzene rings is 10. The molecule has 0 aliphatic heterocycles. The highest BCUT2D eigenvalue weighted by atomic mass is 28.3. The highest BCUT2D eigenvalue weighted by molar-refractivity contribution is 7.19. The Morgan fingerprint density at radius 2 is 0.875 bits per heavy atom. The van der Waals surface area contributed by atoms with E-state index in [0.29, 0.717) is 0 Å². The molecular weight excluding hydrogens is 793 g/mol. The molecule has 12 aromatic rings. The van der Waals surface area contributed by atoms with Gasteiger partial charge in [-0.15, -0.1) is 0 Å². The number of fused-ring (bicyclic) bond motifs is 6. The zero-order valence-electron chi connectivity index (χ0n) is 35.1. The molecule has 0 spiro atoms. The lowest BCUT2D eigenvalue weighted by atomic mass is 10.0. The Labute approximate surface area is 373 Å². The third kappa shape index (κ3) is 6.03. The van der Waals surface area contributed by atoms with Crippen LogP contribution >= 0.6 is 0 Å². The van der Waals surface area contributed by atoms with E-state index < -0.39 is 8.07 Å². The van der Waals surface area contributed by atoms with Gasteiger partial charge in [-0.05, 0) is 86.5 Å². The van der Waals surface area contributed by atoms with E-state index in [1.165, 1.54) is 37.1 Å². The van der Waals surface area contributed by atoms with Crippen molar-refractivity contribution >= 4 is 89.6 Å². The molecule has 12 rings (SSSR count). The first-order valence-electron chi connectivity index (χ1n) is 21.9. The summed E-state index contributed by atoms with van der Waals surface area (Å²) in [5, 5.41) is 9.99. The molecule has 3 nitrogen and oxygen atoms in total. The molecular formula is C60H42N2OSi. The average Bonchev–Trinajstić information content (AvgIpc) is 3.93. The lowest BCUT2D eigenvalue weighted by molar-refractivity contribution is 0.669. The van der Waals surface area contributed by atoms with Crippen LogP contribution in [0.3, 0.4) is 0 Å². The van der Waals surface area contributed by atoms with Gasteiger partial charge in [0.15, 0.2) is 13.7 Å². The molecule has 302 valence electrons. The van der Waals surface area contributed by atoms with E-state index in [2.05, 4.69) is 258 Å².